The molecule has 8 nitrogen and oxygen atoms in total. The highest BCUT2D eigenvalue weighted by atomic mass is 16.5. The van der Waals surface area contributed by atoms with E-state index in [0.29, 0.717) is 21.9 Å². The third-order valence-corrected chi connectivity index (χ3v) is 4.94. The summed E-state index contributed by atoms with van der Waals surface area (Å²) >= 11 is 0. The quantitative estimate of drug-likeness (QED) is 0.478. The van der Waals surface area contributed by atoms with Gasteiger partial charge < -0.3 is 4.74 Å². The van der Waals surface area contributed by atoms with Gasteiger partial charge in [-0.3, -0.25) is 19.3 Å². The van der Waals surface area contributed by atoms with Crippen molar-refractivity contribution in [1.29, 1.82) is 0 Å². The molecular formula is C22H19N3O5. The third kappa shape index (κ3) is 3.16. The lowest BCUT2D eigenvalue weighted by Crippen LogP contribution is -2.34. The first-order valence-electron chi connectivity index (χ1n) is 9.54. The van der Waals surface area contributed by atoms with Crippen LogP contribution in [0.3, 0.4) is 0 Å². The first kappa shape index (κ1) is 19.5. The summed E-state index contributed by atoms with van der Waals surface area (Å²) in [5, 5.41) is 4.96. The van der Waals surface area contributed by atoms with Crippen LogP contribution in [0.2, 0.25) is 0 Å². The van der Waals surface area contributed by atoms with Crippen molar-refractivity contribution >= 4 is 28.6 Å². The molecule has 152 valence electrons. The Morgan fingerprint density at radius 1 is 0.933 bits per heavy atom. The van der Waals surface area contributed by atoms with Crippen molar-refractivity contribution in [3.05, 3.63) is 75.7 Å². The highest BCUT2D eigenvalue weighted by Gasteiger charge is 2.35. The van der Waals surface area contributed by atoms with Crippen molar-refractivity contribution in [2.75, 3.05) is 13.2 Å². The number of hydrogen-bond acceptors (Lipinski definition) is 6. The Morgan fingerprint density at radius 2 is 1.50 bits per heavy atom. The number of hydrogen-bond donors (Lipinski definition) is 0. The van der Waals surface area contributed by atoms with Crippen LogP contribution in [-0.2, 0) is 4.74 Å². The number of nitrogens with zero attached hydrogens (tertiary/aromatic N) is 3. The minimum absolute atomic E-state index is 0.0151. The SMILES string of the molecule is CC(C)n1nc(C(=O)OCCN2C(=O)c3ccccc3C2=O)c2ccccc2c1=O. The topological polar surface area (TPSA) is 98.6 Å². The predicted molar refractivity (Wildman–Crippen MR) is 108 cm³/mol. The fourth-order valence-corrected chi connectivity index (χ4v) is 3.45. The van der Waals surface area contributed by atoms with Gasteiger partial charge in [0.25, 0.3) is 17.4 Å². The Morgan fingerprint density at radius 3 is 2.10 bits per heavy atom. The molecule has 3 aromatic rings. The zero-order valence-corrected chi connectivity index (χ0v) is 16.5. The Hall–Kier alpha value is -3.81. The molecule has 1 aliphatic rings. The Balaban J connectivity index is 1.54. The minimum atomic E-state index is -0.725. The van der Waals surface area contributed by atoms with Crippen molar-refractivity contribution in [2.24, 2.45) is 0 Å². The van der Waals surface area contributed by atoms with Gasteiger partial charge in [-0.25, -0.2) is 9.48 Å². The maximum atomic E-state index is 12.7. The van der Waals surface area contributed by atoms with Crippen LogP contribution in [0.15, 0.2) is 53.3 Å². The van der Waals surface area contributed by atoms with E-state index in [4.69, 9.17) is 4.74 Å². The zero-order valence-electron chi connectivity index (χ0n) is 16.5. The second kappa shape index (κ2) is 7.55. The lowest BCUT2D eigenvalue weighted by molar-refractivity contribution is 0.0415. The van der Waals surface area contributed by atoms with E-state index in [2.05, 4.69) is 5.10 Å². The van der Waals surface area contributed by atoms with Crippen LogP contribution >= 0.6 is 0 Å². The highest BCUT2D eigenvalue weighted by molar-refractivity contribution is 6.21. The van der Waals surface area contributed by atoms with Gasteiger partial charge in [-0.05, 0) is 32.0 Å². The molecule has 0 saturated carbocycles. The zero-order chi connectivity index (χ0) is 21.4. The average molecular weight is 405 g/mol. The predicted octanol–water partition coefficient (Wildman–Crippen LogP) is 2.43. The molecule has 0 atom stereocenters. The standard InChI is InChI=1S/C22H19N3O5/c1-13(2)25-21(28)15-8-4-3-7-14(15)18(23-25)22(29)30-12-11-24-19(26)16-9-5-6-10-17(16)20(24)27/h3-10,13H,11-12H2,1-2H3. The fourth-order valence-electron chi connectivity index (χ4n) is 3.45. The number of esters is 1. The maximum absolute atomic E-state index is 12.7. The number of aromatic nitrogens is 2. The maximum Gasteiger partial charge on any atom is 0.359 e. The first-order valence-corrected chi connectivity index (χ1v) is 9.54. The molecule has 2 amide bonds. The molecular weight excluding hydrogens is 386 g/mol. The summed E-state index contributed by atoms with van der Waals surface area (Å²) in [4.78, 5) is 51.1. The molecule has 4 rings (SSSR count). The number of amides is 2. The van der Waals surface area contributed by atoms with E-state index >= 15 is 0 Å². The third-order valence-electron chi connectivity index (χ3n) is 4.94. The van der Waals surface area contributed by atoms with Crippen molar-refractivity contribution in [2.45, 2.75) is 19.9 Å². The van der Waals surface area contributed by atoms with E-state index in [-0.39, 0.29) is 30.4 Å². The van der Waals surface area contributed by atoms with Gasteiger partial charge in [-0.15, -0.1) is 0 Å². The van der Waals surface area contributed by atoms with Gasteiger partial charge in [0, 0.05) is 5.39 Å². The van der Waals surface area contributed by atoms with E-state index in [1.54, 1.807) is 62.4 Å². The summed E-state index contributed by atoms with van der Waals surface area (Å²) in [6, 6.07) is 13.0. The van der Waals surface area contributed by atoms with Crippen molar-refractivity contribution < 1.29 is 19.1 Å². The molecule has 0 N–H and O–H groups in total. The molecule has 0 saturated heterocycles. The molecule has 0 unspecified atom stereocenters. The van der Waals surface area contributed by atoms with Gasteiger partial charge >= 0.3 is 5.97 Å². The lowest BCUT2D eigenvalue weighted by Gasteiger charge is -2.15. The summed E-state index contributed by atoms with van der Waals surface area (Å²) in [5.41, 5.74) is 0.403. The van der Waals surface area contributed by atoms with Crippen LogP contribution in [0.25, 0.3) is 10.8 Å². The molecule has 2 aromatic carbocycles. The Bertz CT molecular complexity index is 1210. The summed E-state index contributed by atoms with van der Waals surface area (Å²) < 4.78 is 6.54. The molecule has 30 heavy (non-hydrogen) atoms. The number of carbonyl (C=O) groups excluding carboxylic acids is 3. The van der Waals surface area contributed by atoms with Gasteiger partial charge in [0.05, 0.1) is 29.1 Å². The molecule has 1 aromatic heterocycles. The normalized spacial score (nSPS) is 13.2. The van der Waals surface area contributed by atoms with Gasteiger partial charge in [0.2, 0.25) is 0 Å². The fraction of sp³-hybridized carbons (Fsp3) is 0.227. The lowest BCUT2D eigenvalue weighted by atomic mass is 10.1. The number of benzene rings is 2. The van der Waals surface area contributed by atoms with Crippen LogP contribution in [0.5, 0.6) is 0 Å². The molecule has 0 spiro atoms. The highest BCUT2D eigenvalue weighted by Crippen LogP contribution is 2.22. The molecule has 0 fully saturated rings. The number of carbonyl (C=O) groups is 3. The second-order valence-corrected chi connectivity index (χ2v) is 7.18. The molecule has 8 heteroatoms. The summed E-state index contributed by atoms with van der Waals surface area (Å²) in [6.07, 6.45) is 0. The van der Waals surface area contributed by atoms with Crippen molar-refractivity contribution in [3.63, 3.8) is 0 Å². The van der Waals surface area contributed by atoms with E-state index in [1.807, 2.05) is 0 Å². The second-order valence-electron chi connectivity index (χ2n) is 7.18. The van der Waals surface area contributed by atoms with Crippen molar-refractivity contribution in [3.8, 4) is 0 Å². The van der Waals surface area contributed by atoms with E-state index in [9.17, 15) is 19.2 Å². The smallest absolute Gasteiger partial charge is 0.359 e. The van der Waals surface area contributed by atoms with E-state index in [1.165, 1.54) is 4.68 Å². The number of ether oxygens (including phenoxy) is 1. The largest absolute Gasteiger partial charge is 0.459 e. The molecule has 0 bridgehead atoms. The molecule has 2 heterocycles. The molecule has 1 aliphatic heterocycles. The Labute approximate surface area is 171 Å². The minimum Gasteiger partial charge on any atom is -0.459 e. The van der Waals surface area contributed by atoms with Gasteiger partial charge in [-0.2, -0.15) is 5.10 Å². The summed E-state index contributed by atoms with van der Waals surface area (Å²) in [7, 11) is 0. The van der Waals surface area contributed by atoms with E-state index < -0.39 is 17.8 Å². The van der Waals surface area contributed by atoms with E-state index in [0.717, 1.165) is 4.90 Å². The van der Waals surface area contributed by atoms with Crippen LogP contribution in [0.4, 0.5) is 0 Å². The summed E-state index contributed by atoms with van der Waals surface area (Å²) in [6.45, 7) is 3.34. The number of fused-ring (bicyclic) bond motifs is 2. The monoisotopic (exact) mass is 405 g/mol. The number of imide groups is 1. The van der Waals surface area contributed by atoms with Crippen LogP contribution in [0, 0.1) is 0 Å². The number of rotatable bonds is 5. The first-order chi connectivity index (χ1) is 14.4. The summed E-state index contributed by atoms with van der Waals surface area (Å²) in [5.74, 6) is -1.55. The molecule has 0 radical (unpaired) electrons. The van der Waals surface area contributed by atoms with Crippen LogP contribution in [0.1, 0.15) is 51.1 Å². The van der Waals surface area contributed by atoms with Crippen LogP contribution < -0.4 is 5.56 Å². The van der Waals surface area contributed by atoms with Gasteiger partial charge in [0.1, 0.15) is 6.61 Å². The van der Waals surface area contributed by atoms with Crippen molar-refractivity contribution in [1.82, 2.24) is 14.7 Å². The van der Waals surface area contributed by atoms with Crippen LogP contribution in [-0.4, -0.2) is 45.6 Å². The van der Waals surface area contributed by atoms with Gasteiger partial charge in [-0.1, -0.05) is 30.3 Å². The van der Waals surface area contributed by atoms with Gasteiger partial charge in [0.15, 0.2) is 5.69 Å². The molecule has 0 aliphatic carbocycles. The average Bonchev–Trinajstić information content (AvgIpc) is 2.99. The Kier molecular flexibility index (Phi) is 4.91.